The number of rotatable bonds is 10. The monoisotopic (exact) mass is 535 g/mol. The standard InChI is InChI=1S/C24H26ClN3O5S2/c1-18-3-11-22(12-4-18)34(30,31)27-16-15-26-24(29)17-19-5-9-21(10-6-19)28(2)35(32,33)23-13-7-20(25)8-14-23/h3-14,27H,15-17H2,1-2H3,(H,26,29). The van der Waals surface area contributed by atoms with Crippen molar-refractivity contribution < 1.29 is 21.6 Å². The highest BCUT2D eigenvalue weighted by Gasteiger charge is 2.21. The van der Waals surface area contributed by atoms with Gasteiger partial charge in [-0.15, -0.1) is 0 Å². The molecule has 0 aliphatic heterocycles. The van der Waals surface area contributed by atoms with Gasteiger partial charge in [-0.3, -0.25) is 9.10 Å². The van der Waals surface area contributed by atoms with Gasteiger partial charge in [-0.1, -0.05) is 41.4 Å². The molecule has 0 atom stereocenters. The van der Waals surface area contributed by atoms with Crippen LogP contribution in [-0.2, 0) is 31.3 Å². The highest BCUT2D eigenvalue weighted by atomic mass is 35.5. The zero-order valence-electron chi connectivity index (χ0n) is 19.2. The number of nitrogens with zero attached hydrogens (tertiary/aromatic N) is 1. The van der Waals surface area contributed by atoms with E-state index in [0.29, 0.717) is 16.3 Å². The summed E-state index contributed by atoms with van der Waals surface area (Å²) in [5.41, 5.74) is 2.08. The maximum Gasteiger partial charge on any atom is 0.264 e. The van der Waals surface area contributed by atoms with Crippen LogP contribution in [0, 0.1) is 6.92 Å². The molecule has 0 saturated carbocycles. The molecule has 186 valence electrons. The van der Waals surface area contributed by atoms with Gasteiger partial charge < -0.3 is 5.32 Å². The van der Waals surface area contributed by atoms with Crippen molar-refractivity contribution in [2.75, 3.05) is 24.4 Å². The smallest absolute Gasteiger partial charge is 0.264 e. The first-order valence-corrected chi connectivity index (χ1v) is 14.0. The molecule has 11 heteroatoms. The highest BCUT2D eigenvalue weighted by molar-refractivity contribution is 7.92. The van der Waals surface area contributed by atoms with Crippen LogP contribution in [0.15, 0.2) is 82.6 Å². The molecule has 0 spiro atoms. The maximum atomic E-state index is 12.8. The third-order valence-electron chi connectivity index (χ3n) is 5.21. The topological polar surface area (TPSA) is 113 Å². The number of hydrogen-bond donors (Lipinski definition) is 2. The van der Waals surface area contributed by atoms with Gasteiger partial charge in [0.1, 0.15) is 0 Å². The Hall–Kier alpha value is -2.92. The predicted molar refractivity (Wildman–Crippen MR) is 137 cm³/mol. The number of anilines is 1. The molecule has 3 aromatic carbocycles. The van der Waals surface area contributed by atoms with E-state index in [0.717, 1.165) is 9.87 Å². The Bertz CT molecular complexity index is 1370. The number of hydrogen-bond acceptors (Lipinski definition) is 5. The van der Waals surface area contributed by atoms with E-state index in [9.17, 15) is 21.6 Å². The van der Waals surface area contributed by atoms with Crippen molar-refractivity contribution in [1.82, 2.24) is 10.0 Å². The Labute approximate surface area is 211 Å². The molecule has 3 aromatic rings. The molecule has 0 bridgehead atoms. The molecule has 1 amide bonds. The molecule has 0 aromatic heterocycles. The van der Waals surface area contributed by atoms with E-state index in [1.165, 1.54) is 43.4 Å². The number of carbonyl (C=O) groups is 1. The van der Waals surface area contributed by atoms with Gasteiger partial charge in [0.2, 0.25) is 15.9 Å². The van der Waals surface area contributed by atoms with Gasteiger partial charge >= 0.3 is 0 Å². The summed E-state index contributed by atoms with van der Waals surface area (Å²) in [5, 5.41) is 3.11. The predicted octanol–water partition coefficient (Wildman–Crippen LogP) is 3.11. The number of aryl methyl sites for hydroxylation is 1. The average Bonchev–Trinajstić information content (AvgIpc) is 2.82. The van der Waals surface area contributed by atoms with Crippen LogP contribution in [-0.4, -0.2) is 42.9 Å². The van der Waals surface area contributed by atoms with Crippen molar-refractivity contribution >= 4 is 43.2 Å². The molecule has 0 aliphatic carbocycles. The summed E-state index contributed by atoms with van der Waals surface area (Å²) in [6.45, 7) is 2.05. The largest absolute Gasteiger partial charge is 0.355 e. The summed E-state index contributed by atoms with van der Waals surface area (Å²) >= 11 is 5.84. The lowest BCUT2D eigenvalue weighted by molar-refractivity contribution is -0.120. The number of nitrogens with one attached hydrogen (secondary N) is 2. The van der Waals surface area contributed by atoms with Crippen LogP contribution >= 0.6 is 11.6 Å². The fraction of sp³-hybridized carbons (Fsp3) is 0.208. The van der Waals surface area contributed by atoms with Crippen molar-refractivity contribution in [3.05, 3.63) is 88.9 Å². The van der Waals surface area contributed by atoms with Gasteiger partial charge in [0.05, 0.1) is 21.9 Å². The molecule has 0 saturated heterocycles. The summed E-state index contributed by atoms with van der Waals surface area (Å²) in [6, 6.07) is 19.0. The molecule has 3 rings (SSSR count). The van der Waals surface area contributed by atoms with Gasteiger partial charge in [0.25, 0.3) is 10.0 Å². The van der Waals surface area contributed by atoms with Gasteiger partial charge in [-0.05, 0) is 61.0 Å². The number of carbonyl (C=O) groups excluding carboxylic acids is 1. The third-order valence-corrected chi connectivity index (χ3v) is 8.74. The van der Waals surface area contributed by atoms with Gasteiger partial charge in [0.15, 0.2) is 0 Å². The Morgan fingerprint density at radius 2 is 1.40 bits per heavy atom. The highest BCUT2D eigenvalue weighted by Crippen LogP contribution is 2.23. The molecule has 0 heterocycles. The Kier molecular flexibility index (Phi) is 8.55. The minimum Gasteiger partial charge on any atom is -0.355 e. The van der Waals surface area contributed by atoms with Crippen molar-refractivity contribution in [3.8, 4) is 0 Å². The van der Waals surface area contributed by atoms with E-state index in [1.54, 1.807) is 36.4 Å². The van der Waals surface area contributed by atoms with Crippen molar-refractivity contribution in [2.24, 2.45) is 0 Å². The first-order valence-electron chi connectivity index (χ1n) is 10.7. The summed E-state index contributed by atoms with van der Waals surface area (Å²) in [6.07, 6.45) is 0.0681. The minimum absolute atomic E-state index is 0.0498. The van der Waals surface area contributed by atoms with Crippen molar-refractivity contribution in [2.45, 2.75) is 23.1 Å². The number of sulfonamides is 2. The van der Waals surface area contributed by atoms with Gasteiger partial charge in [-0.2, -0.15) is 0 Å². The third kappa shape index (κ3) is 7.04. The molecule has 8 nitrogen and oxygen atoms in total. The number of halogens is 1. The lowest BCUT2D eigenvalue weighted by atomic mass is 10.1. The summed E-state index contributed by atoms with van der Waals surface area (Å²) in [4.78, 5) is 12.5. The molecular weight excluding hydrogens is 510 g/mol. The Balaban J connectivity index is 1.50. The normalized spacial score (nSPS) is 11.7. The maximum absolute atomic E-state index is 12.8. The van der Waals surface area contributed by atoms with Gasteiger partial charge in [-0.25, -0.2) is 21.6 Å². The lowest BCUT2D eigenvalue weighted by Crippen LogP contribution is -2.35. The summed E-state index contributed by atoms with van der Waals surface area (Å²) in [7, 11) is -5.95. The molecule has 0 unspecified atom stereocenters. The second-order valence-corrected chi connectivity index (χ2v) is 12.0. The van der Waals surface area contributed by atoms with Crippen LogP contribution in [0.3, 0.4) is 0 Å². The van der Waals surface area contributed by atoms with Crippen molar-refractivity contribution in [1.29, 1.82) is 0 Å². The van der Waals surface area contributed by atoms with E-state index < -0.39 is 20.0 Å². The summed E-state index contributed by atoms with van der Waals surface area (Å²) < 4.78 is 53.7. The second-order valence-electron chi connectivity index (χ2n) is 7.83. The van der Waals surface area contributed by atoms with Crippen LogP contribution in [0.5, 0.6) is 0 Å². The van der Waals surface area contributed by atoms with Crippen LogP contribution in [0.25, 0.3) is 0 Å². The van der Waals surface area contributed by atoms with Crippen LogP contribution in [0.2, 0.25) is 5.02 Å². The number of amides is 1. The van der Waals surface area contributed by atoms with E-state index in [2.05, 4.69) is 10.0 Å². The lowest BCUT2D eigenvalue weighted by Gasteiger charge is -2.20. The molecular formula is C24H26ClN3O5S2. The fourth-order valence-electron chi connectivity index (χ4n) is 3.16. The Morgan fingerprint density at radius 3 is 2.00 bits per heavy atom. The van der Waals surface area contributed by atoms with E-state index in [1.807, 2.05) is 6.92 Å². The minimum atomic E-state index is -3.75. The summed E-state index contributed by atoms with van der Waals surface area (Å²) in [5.74, 6) is -0.283. The van der Waals surface area contributed by atoms with E-state index in [4.69, 9.17) is 11.6 Å². The zero-order valence-corrected chi connectivity index (χ0v) is 21.6. The second kappa shape index (κ2) is 11.2. The fourth-order valence-corrected chi connectivity index (χ4v) is 5.52. The van der Waals surface area contributed by atoms with Crippen LogP contribution in [0.1, 0.15) is 11.1 Å². The molecule has 35 heavy (non-hydrogen) atoms. The van der Waals surface area contributed by atoms with Crippen molar-refractivity contribution in [3.63, 3.8) is 0 Å². The zero-order chi connectivity index (χ0) is 25.6. The SMILES string of the molecule is Cc1ccc(S(=O)(=O)NCCNC(=O)Cc2ccc(N(C)S(=O)(=O)c3ccc(Cl)cc3)cc2)cc1. The quantitative estimate of drug-likeness (QED) is 0.387. The molecule has 2 N–H and O–H groups in total. The number of benzene rings is 3. The first kappa shape index (κ1) is 26.7. The Morgan fingerprint density at radius 1 is 0.829 bits per heavy atom. The van der Waals surface area contributed by atoms with Crippen LogP contribution in [0.4, 0.5) is 5.69 Å². The molecule has 0 fully saturated rings. The first-order chi connectivity index (χ1) is 16.5. The van der Waals surface area contributed by atoms with Gasteiger partial charge in [0, 0.05) is 25.2 Å². The van der Waals surface area contributed by atoms with Crippen LogP contribution < -0.4 is 14.3 Å². The molecule has 0 radical (unpaired) electrons. The molecule has 0 aliphatic rings. The van der Waals surface area contributed by atoms with E-state index >= 15 is 0 Å². The average molecular weight is 536 g/mol. The van der Waals surface area contributed by atoms with E-state index in [-0.39, 0.29) is 35.2 Å².